The van der Waals surface area contributed by atoms with Gasteiger partial charge in [0.15, 0.2) is 19.3 Å². The van der Waals surface area contributed by atoms with Gasteiger partial charge in [0.05, 0.1) is 7.11 Å². The molecule has 0 aliphatic heterocycles. The van der Waals surface area contributed by atoms with Crippen LogP contribution >= 0.6 is 0 Å². The molecule has 0 amide bonds. The summed E-state index contributed by atoms with van der Waals surface area (Å²) in [5.41, 5.74) is 1.09. The molecule has 0 saturated heterocycles. The number of rotatable bonds is 4. The molecule has 0 radical (unpaired) electrons. The Balaban J connectivity index is 2.24. The second-order valence-corrected chi connectivity index (χ2v) is 2.66. The average Bonchev–Trinajstić information content (AvgIpc) is 2.19. The van der Waals surface area contributed by atoms with Gasteiger partial charge in [-0.1, -0.05) is 0 Å². The Morgan fingerprint density at radius 3 is 3.08 bits per heavy atom. The van der Waals surface area contributed by atoms with Crippen LogP contribution in [0.15, 0.2) is 24.4 Å². The second-order valence-electron chi connectivity index (χ2n) is 2.66. The van der Waals surface area contributed by atoms with E-state index < -0.39 is 0 Å². The first kappa shape index (κ1) is 9.67. The second kappa shape index (κ2) is 5.27. The zero-order chi connectivity index (χ0) is 9.52. The molecule has 0 fully saturated rings. The number of aromatic nitrogens is 1. The van der Waals surface area contributed by atoms with Gasteiger partial charge in [0, 0.05) is 12.1 Å². The fraction of sp³-hybridized carbons (Fsp3) is 0.333. The lowest BCUT2D eigenvalue weighted by molar-refractivity contribution is -0.672. The van der Waals surface area contributed by atoms with Crippen molar-refractivity contribution in [3.8, 4) is 0 Å². The summed E-state index contributed by atoms with van der Waals surface area (Å²) >= 11 is 0. The Bertz CT molecular complexity index is 262. The third kappa shape index (κ3) is 3.66. The molecule has 13 heavy (non-hydrogen) atoms. The highest BCUT2D eigenvalue weighted by Crippen LogP contribution is 1.82. The first-order valence-corrected chi connectivity index (χ1v) is 4.17. The molecule has 0 saturated carbocycles. The number of carbonyl (C=O) groups is 1. The summed E-state index contributed by atoms with van der Waals surface area (Å²) < 4.78 is 4.51. The number of nitrogens with one attached hydrogen (secondary N) is 1. The van der Waals surface area contributed by atoms with Gasteiger partial charge in [-0.05, 0) is 6.07 Å². The molecule has 1 heterocycles. The first-order chi connectivity index (χ1) is 6.33. The van der Waals surface area contributed by atoms with Gasteiger partial charge in [-0.3, -0.25) is 0 Å². The van der Waals surface area contributed by atoms with Crippen molar-refractivity contribution in [1.82, 2.24) is 0 Å². The predicted molar refractivity (Wildman–Crippen MR) is 45.5 cm³/mol. The quantitative estimate of drug-likeness (QED) is 0.591. The Hall–Kier alpha value is -1.42. The van der Waals surface area contributed by atoms with Crippen LogP contribution in [0.4, 0.5) is 0 Å². The molecule has 0 aromatic carbocycles. The topological polar surface area (TPSA) is 57.0 Å². The van der Waals surface area contributed by atoms with Crippen LogP contribution in [0.2, 0.25) is 0 Å². The lowest BCUT2D eigenvalue weighted by Crippen LogP contribution is -2.84. The molecule has 0 bridgehead atoms. The van der Waals surface area contributed by atoms with E-state index in [2.05, 4.69) is 9.72 Å². The average molecular weight is 182 g/mol. The highest BCUT2D eigenvalue weighted by molar-refractivity contribution is 5.69. The van der Waals surface area contributed by atoms with Gasteiger partial charge < -0.3 is 10.1 Å². The van der Waals surface area contributed by atoms with Gasteiger partial charge in [-0.2, -0.15) is 0 Å². The summed E-state index contributed by atoms with van der Waals surface area (Å²) in [5.74, 6) is -0.198. The molecule has 0 aliphatic rings. The van der Waals surface area contributed by atoms with Crippen LogP contribution in [0.3, 0.4) is 0 Å². The zero-order valence-corrected chi connectivity index (χ0v) is 7.62. The third-order valence-corrected chi connectivity index (χ3v) is 1.68. The van der Waals surface area contributed by atoms with Crippen LogP contribution < -0.4 is 10.3 Å². The summed E-state index contributed by atoms with van der Waals surface area (Å²) in [6.07, 6.45) is 1.86. The minimum Gasteiger partial charge on any atom is -0.465 e. The monoisotopic (exact) mass is 182 g/mol. The molecule has 4 heteroatoms. The van der Waals surface area contributed by atoms with E-state index in [0.717, 1.165) is 12.2 Å². The number of nitrogens with two attached hydrogens (primary N) is 1. The summed E-state index contributed by atoms with van der Waals surface area (Å²) in [4.78, 5) is 13.8. The highest BCUT2D eigenvalue weighted by Gasteiger charge is 2.05. The molecule has 1 aromatic rings. The van der Waals surface area contributed by atoms with Crippen molar-refractivity contribution >= 4 is 5.97 Å². The van der Waals surface area contributed by atoms with Crippen LogP contribution in [-0.4, -0.2) is 19.6 Å². The van der Waals surface area contributed by atoms with E-state index in [-0.39, 0.29) is 5.97 Å². The van der Waals surface area contributed by atoms with Crippen molar-refractivity contribution in [3.05, 3.63) is 30.1 Å². The Kier molecular flexibility index (Phi) is 3.92. The van der Waals surface area contributed by atoms with Crippen molar-refractivity contribution < 1.29 is 19.8 Å². The van der Waals surface area contributed by atoms with E-state index >= 15 is 0 Å². The number of methoxy groups -OCH3 is 1. The van der Waals surface area contributed by atoms with Gasteiger partial charge >= 0.3 is 5.97 Å². The van der Waals surface area contributed by atoms with Crippen molar-refractivity contribution in [2.45, 2.75) is 6.54 Å². The minimum absolute atomic E-state index is 0.198. The van der Waals surface area contributed by atoms with Crippen LogP contribution in [0.25, 0.3) is 0 Å². The Labute approximate surface area is 76.9 Å². The SMILES string of the molecule is COC(=O)C[NH2+]Cc1cccc[nH+]1. The first-order valence-electron chi connectivity index (χ1n) is 4.17. The minimum atomic E-state index is -0.198. The largest absolute Gasteiger partial charge is 0.465 e. The molecule has 3 N–H and O–H groups in total. The Morgan fingerprint density at radius 2 is 2.46 bits per heavy atom. The molecule has 0 aliphatic carbocycles. The Morgan fingerprint density at radius 1 is 1.62 bits per heavy atom. The lowest BCUT2D eigenvalue weighted by atomic mass is 10.3. The molecule has 1 rings (SSSR count). The summed E-state index contributed by atoms with van der Waals surface area (Å²) in [5, 5.41) is 1.89. The number of hydrogen-bond donors (Lipinski definition) is 1. The highest BCUT2D eigenvalue weighted by atomic mass is 16.5. The fourth-order valence-corrected chi connectivity index (χ4v) is 0.986. The molecule has 4 nitrogen and oxygen atoms in total. The lowest BCUT2D eigenvalue weighted by Gasteiger charge is -1.96. The number of carbonyl (C=O) groups excluding carboxylic acids is 1. The van der Waals surface area contributed by atoms with E-state index in [0.29, 0.717) is 6.54 Å². The molecule has 0 unspecified atom stereocenters. The van der Waals surface area contributed by atoms with E-state index in [4.69, 9.17) is 0 Å². The molecular weight excluding hydrogens is 168 g/mol. The number of hydrogen-bond acceptors (Lipinski definition) is 2. The maximum absolute atomic E-state index is 10.7. The normalized spacial score (nSPS) is 9.62. The maximum Gasteiger partial charge on any atom is 0.361 e. The van der Waals surface area contributed by atoms with Crippen molar-refractivity contribution in [2.24, 2.45) is 0 Å². The standard InChI is InChI=1S/C9H12N2O2/c1-13-9(12)7-10-6-8-4-2-3-5-11-8/h2-5,10H,6-7H2,1H3/p+2. The fourth-order valence-electron chi connectivity index (χ4n) is 0.986. The molecule has 0 spiro atoms. The zero-order valence-electron chi connectivity index (χ0n) is 7.62. The molecule has 0 atom stereocenters. The summed E-state index contributed by atoms with van der Waals surface area (Å²) in [7, 11) is 1.39. The van der Waals surface area contributed by atoms with Gasteiger partial charge in [0.25, 0.3) is 0 Å². The van der Waals surface area contributed by atoms with E-state index in [9.17, 15) is 4.79 Å². The predicted octanol–water partition coefficient (Wildman–Crippen LogP) is -1.26. The number of aromatic amines is 1. The maximum atomic E-state index is 10.7. The number of H-pyrrole nitrogens is 1. The molecular formula is C9H14N2O2+2. The number of esters is 1. The van der Waals surface area contributed by atoms with E-state index in [1.165, 1.54) is 7.11 Å². The number of pyridine rings is 1. The van der Waals surface area contributed by atoms with Crippen LogP contribution in [-0.2, 0) is 16.1 Å². The van der Waals surface area contributed by atoms with Crippen molar-refractivity contribution in [3.63, 3.8) is 0 Å². The van der Waals surface area contributed by atoms with Gasteiger partial charge in [0.2, 0.25) is 5.69 Å². The van der Waals surface area contributed by atoms with E-state index in [1.54, 1.807) is 0 Å². The van der Waals surface area contributed by atoms with Crippen molar-refractivity contribution in [2.75, 3.05) is 13.7 Å². The smallest absolute Gasteiger partial charge is 0.361 e. The summed E-state index contributed by atoms with van der Waals surface area (Å²) in [6.45, 7) is 1.12. The molecule has 1 aromatic heterocycles. The molecule has 70 valence electrons. The van der Waals surface area contributed by atoms with Crippen molar-refractivity contribution in [1.29, 1.82) is 0 Å². The van der Waals surface area contributed by atoms with Crippen LogP contribution in [0.1, 0.15) is 5.69 Å². The third-order valence-electron chi connectivity index (χ3n) is 1.68. The summed E-state index contributed by atoms with van der Waals surface area (Å²) in [6, 6.07) is 5.86. The number of ether oxygens (including phenoxy) is 1. The van der Waals surface area contributed by atoms with Gasteiger partial charge in [-0.25, -0.2) is 9.78 Å². The van der Waals surface area contributed by atoms with Gasteiger partial charge in [-0.15, -0.1) is 0 Å². The van der Waals surface area contributed by atoms with Crippen LogP contribution in [0.5, 0.6) is 0 Å². The van der Waals surface area contributed by atoms with E-state index in [1.807, 2.05) is 29.7 Å². The van der Waals surface area contributed by atoms with Gasteiger partial charge in [0.1, 0.15) is 0 Å². The number of quaternary nitrogens is 1. The van der Waals surface area contributed by atoms with Crippen LogP contribution in [0, 0.1) is 0 Å².